The number of likely N-dealkylation sites (N-methyl/N-ethyl adjacent to an activating group) is 1. The van der Waals surface area contributed by atoms with Crippen LogP contribution in [-0.2, 0) is 11.3 Å². The highest BCUT2D eigenvalue weighted by molar-refractivity contribution is 5.81. The van der Waals surface area contributed by atoms with Crippen molar-refractivity contribution in [3.05, 3.63) is 18.5 Å². The van der Waals surface area contributed by atoms with Crippen LogP contribution in [0.1, 0.15) is 12.8 Å². The third-order valence-electron chi connectivity index (χ3n) is 2.96. The monoisotopic (exact) mass is 222 g/mol. The van der Waals surface area contributed by atoms with Gasteiger partial charge in [-0.2, -0.15) is 5.10 Å². The van der Waals surface area contributed by atoms with Crippen LogP contribution >= 0.6 is 0 Å². The number of hydrogen-bond acceptors (Lipinski definition) is 3. The van der Waals surface area contributed by atoms with E-state index in [4.69, 9.17) is 0 Å². The van der Waals surface area contributed by atoms with Crippen molar-refractivity contribution in [1.29, 1.82) is 0 Å². The van der Waals surface area contributed by atoms with E-state index >= 15 is 0 Å². The van der Waals surface area contributed by atoms with Gasteiger partial charge in [-0.15, -0.1) is 0 Å². The Morgan fingerprint density at radius 2 is 2.56 bits per heavy atom. The molecule has 2 rings (SSSR count). The van der Waals surface area contributed by atoms with E-state index in [1.54, 1.807) is 11.1 Å². The molecular formula is C11H18N4O. The summed E-state index contributed by atoms with van der Waals surface area (Å²) < 4.78 is 1.84. The summed E-state index contributed by atoms with van der Waals surface area (Å²) in [6.45, 7) is 2.42. The fourth-order valence-electron chi connectivity index (χ4n) is 1.96. The molecule has 1 aromatic heterocycles. The van der Waals surface area contributed by atoms with Gasteiger partial charge in [-0.3, -0.25) is 9.48 Å². The summed E-state index contributed by atoms with van der Waals surface area (Å²) in [5, 5.41) is 7.32. The second-order valence-electron chi connectivity index (χ2n) is 4.18. The molecule has 5 heteroatoms. The van der Waals surface area contributed by atoms with Crippen molar-refractivity contribution in [2.24, 2.45) is 0 Å². The summed E-state index contributed by atoms with van der Waals surface area (Å²) in [6, 6.07) is 1.92. The Balaban J connectivity index is 1.78. The van der Waals surface area contributed by atoms with Crippen molar-refractivity contribution < 1.29 is 4.79 Å². The van der Waals surface area contributed by atoms with Gasteiger partial charge in [-0.05, 0) is 25.5 Å². The van der Waals surface area contributed by atoms with Crippen LogP contribution in [0, 0.1) is 0 Å². The van der Waals surface area contributed by atoms with Crippen LogP contribution in [0.15, 0.2) is 18.5 Å². The number of carbonyl (C=O) groups excluding carboxylic acids is 1. The predicted octanol–water partition coefficient (Wildman–Crippen LogP) is 0.0935. The number of rotatable bonds is 4. The lowest BCUT2D eigenvalue weighted by molar-refractivity contribution is -0.131. The Hall–Kier alpha value is -1.36. The van der Waals surface area contributed by atoms with E-state index in [2.05, 4.69) is 10.4 Å². The lowest BCUT2D eigenvalue weighted by Gasteiger charge is -2.21. The lowest BCUT2D eigenvalue weighted by atomic mass is 10.2. The van der Waals surface area contributed by atoms with E-state index in [1.165, 1.54) is 0 Å². The van der Waals surface area contributed by atoms with Gasteiger partial charge < -0.3 is 10.2 Å². The molecular weight excluding hydrogens is 204 g/mol. The zero-order chi connectivity index (χ0) is 11.4. The molecule has 1 saturated heterocycles. The highest BCUT2D eigenvalue weighted by atomic mass is 16.2. The Morgan fingerprint density at radius 3 is 3.19 bits per heavy atom. The van der Waals surface area contributed by atoms with E-state index in [0.29, 0.717) is 6.54 Å². The predicted molar refractivity (Wildman–Crippen MR) is 60.9 cm³/mol. The van der Waals surface area contributed by atoms with Crippen molar-refractivity contribution in [3.63, 3.8) is 0 Å². The van der Waals surface area contributed by atoms with Crippen LogP contribution in [0.25, 0.3) is 0 Å². The number of nitrogens with zero attached hydrogens (tertiary/aromatic N) is 3. The molecule has 0 aromatic carbocycles. The number of hydrogen-bond donors (Lipinski definition) is 1. The van der Waals surface area contributed by atoms with Gasteiger partial charge in [0.1, 0.15) is 0 Å². The maximum atomic E-state index is 11.9. The summed E-state index contributed by atoms with van der Waals surface area (Å²) in [5.41, 5.74) is 0. The van der Waals surface area contributed by atoms with Crippen LogP contribution in [0.5, 0.6) is 0 Å². The molecule has 1 unspecified atom stereocenters. The SMILES string of the molecule is CN(CCn1cccn1)C(=O)C1CCCN1. The fourth-order valence-corrected chi connectivity index (χ4v) is 1.96. The van der Waals surface area contributed by atoms with Crippen LogP contribution in [0.3, 0.4) is 0 Å². The number of amides is 1. The van der Waals surface area contributed by atoms with Gasteiger partial charge >= 0.3 is 0 Å². The zero-order valence-electron chi connectivity index (χ0n) is 9.59. The van der Waals surface area contributed by atoms with Gasteiger partial charge in [0.25, 0.3) is 0 Å². The minimum atomic E-state index is 0.0302. The highest BCUT2D eigenvalue weighted by Crippen LogP contribution is 2.07. The molecule has 1 amide bonds. The molecule has 1 atom stereocenters. The first-order valence-corrected chi connectivity index (χ1v) is 5.73. The molecule has 0 aliphatic carbocycles. The fraction of sp³-hybridized carbons (Fsp3) is 0.636. The smallest absolute Gasteiger partial charge is 0.239 e. The Kier molecular flexibility index (Phi) is 3.56. The molecule has 1 aliphatic heterocycles. The third-order valence-corrected chi connectivity index (χ3v) is 2.96. The molecule has 1 N–H and O–H groups in total. The van der Waals surface area contributed by atoms with Crippen molar-refractivity contribution in [3.8, 4) is 0 Å². The summed E-state index contributed by atoms with van der Waals surface area (Å²) in [4.78, 5) is 13.7. The van der Waals surface area contributed by atoms with Crippen LogP contribution < -0.4 is 5.32 Å². The lowest BCUT2D eigenvalue weighted by Crippen LogP contribution is -2.42. The molecule has 0 radical (unpaired) electrons. The van der Waals surface area contributed by atoms with Gasteiger partial charge in [0.2, 0.25) is 5.91 Å². The normalized spacial score (nSPS) is 19.9. The van der Waals surface area contributed by atoms with Gasteiger partial charge in [-0.1, -0.05) is 0 Å². The third kappa shape index (κ3) is 2.61. The first-order chi connectivity index (χ1) is 7.77. The quantitative estimate of drug-likeness (QED) is 0.785. The number of aromatic nitrogens is 2. The summed E-state index contributed by atoms with van der Waals surface area (Å²) >= 11 is 0. The van der Waals surface area contributed by atoms with E-state index in [-0.39, 0.29) is 11.9 Å². The minimum absolute atomic E-state index is 0.0302. The maximum absolute atomic E-state index is 11.9. The molecule has 88 valence electrons. The van der Waals surface area contributed by atoms with Gasteiger partial charge in [0, 0.05) is 26.0 Å². The second-order valence-corrected chi connectivity index (χ2v) is 4.18. The van der Waals surface area contributed by atoms with Crippen molar-refractivity contribution in [2.75, 3.05) is 20.1 Å². The molecule has 1 aliphatic rings. The standard InChI is InChI=1S/C11H18N4O/c1-14(8-9-15-7-3-6-13-15)11(16)10-4-2-5-12-10/h3,6-7,10,12H,2,4-5,8-9H2,1H3. The van der Waals surface area contributed by atoms with Crippen molar-refractivity contribution in [2.45, 2.75) is 25.4 Å². The summed E-state index contributed by atoms with van der Waals surface area (Å²) in [6.07, 6.45) is 5.72. The van der Waals surface area contributed by atoms with Gasteiger partial charge in [-0.25, -0.2) is 0 Å². The van der Waals surface area contributed by atoms with Crippen molar-refractivity contribution in [1.82, 2.24) is 20.0 Å². The first-order valence-electron chi connectivity index (χ1n) is 5.73. The maximum Gasteiger partial charge on any atom is 0.239 e. The zero-order valence-corrected chi connectivity index (χ0v) is 9.59. The van der Waals surface area contributed by atoms with Gasteiger partial charge in [0.15, 0.2) is 0 Å². The molecule has 0 bridgehead atoms. The molecule has 1 fully saturated rings. The van der Waals surface area contributed by atoms with E-state index in [1.807, 2.05) is 24.0 Å². The minimum Gasteiger partial charge on any atom is -0.343 e. The Morgan fingerprint density at radius 1 is 1.69 bits per heavy atom. The van der Waals surface area contributed by atoms with Crippen molar-refractivity contribution >= 4 is 5.91 Å². The summed E-state index contributed by atoms with van der Waals surface area (Å²) in [5.74, 6) is 0.199. The highest BCUT2D eigenvalue weighted by Gasteiger charge is 2.24. The molecule has 16 heavy (non-hydrogen) atoms. The number of carbonyl (C=O) groups is 1. The first kappa shape index (κ1) is 11.1. The topological polar surface area (TPSA) is 50.2 Å². The Labute approximate surface area is 95.4 Å². The largest absolute Gasteiger partial charge is 0.343 e. The van der Waals surface area contributed by atoms with Crippen LogP contribution in [0.4, 0.5) is 0 Å². The van der Waals surface area contributed by atoms with E-state index in [9.17, 15) is 4.79 Å². The molecule has 1 aromatic rings. The molecule has 0 saturated carbocycles. The average molecular weight is 222 g/mol. The molecule has 2 heterocycles. The molecule has 0 spiro atoms. The van der Waals surface area contributed by atoms with E-state index < -0.39 is 0 Å². The second kappa shape index (κ2) is 5.12. The number of nitrogens with one attached hydrogen (secondary N) is 1. The van der Waals surface area contributed by atoms with E-state index in [0.717, 1.165) is 25.9 Å². The van der Waals surface area contributed by atoms with Gasteiger partial charge in [0.05, 0.1) is 12.6 Å². The molecule has 5 nitrogen and oxygen atoms in total. The van der Waals surface area contributed by atoms with Crippen LogP contribution in [-0.4, -0.2) is 46.8 Å². The average Bonchev–Trinajstić information content (AvgIpc) is 2.96. The Bertz CT molecular complexity index is 330. The summed E-state index contributed by atoms with van der Waals surface area (Å²) in [7, 11) is 1.85. The van der Waals surface area contributed by atoms with Crippen LogP contribution in [0.2, 0.25) is 0 Å².